The predicted octanol–water partition coefficient (Wildman–Crippen LogP) is 19.1. The number of fused-ring (bicyclic) bond motifs is 2. The quantitative estimate of drug-likeness (QED) is 0.0997. The zero-order valence-corrected chi connectivity index (χ0v) is 42.3. The van der Waals surface area contributed by atoms with Crippen molar-refractivity contribution < 1.29 is 79.5 Å². The van der Waals surface area contributed by atoms with Gasteiger partial charge in [0.15, 0.2) is 0 Å². The zero-order valence-electron chi connectivity index (χ0n) is 37.3. The van der Waals surface area contributed by atoms with Crippen LogP contribution in [0.2, 0.25) is 13.1 Å². The number of rotatable bonds is 4. The molecule has 360 valence electrons. The van der Waals surface area contributed by atoms with Crippen molar-refractivity contribution in [2.45, 2.75) is 79.3 Å². The zero-order chi connectivity index (χ0) is 50.6. The summed E-state index contributed by atoms with van der Waals surface area (Å²) in [6.45, 7) is 15.1. The monoisotopic (exact) mass is 1090 g/mol. The first kappa shape index (κ1) is 52.9. The molecule has 2 heterocycles. The SMILES string of the molecule is C[Si](C)=[Zr]([Cl])[Cl].Cc1cc(-c2cc3c(-c4cc(C(F)(F)F)cc(C(F)(F)F)c4)c(C)ccc3[cH-]2)oc1C.Cc1cc(-c2cc3c(-c4cc(C(F)(F)F)cc(C(F)(F)F)c4)c(C)ccc3[cH-]2)oc1C. The number of hydrogen-bond donors (Lipinski definition) is 0. The summed E-state index contributed by atoms with van der Waals surface area (Å²) in [5.41, 5.74) is -0.697. The van der Waals surface area contributed by atoms with Crippen molar-refractivity contribution in [2.75, 3.05) is 0 Å². The van der Waals surface area contributed by atoms with Crippen molar-refractivity contribution in [1.82, 2.24) is 0 Å². The number of aryl methyl sites for hydroxylation is 6. The van der Waals surface area contributed by atoms with E-state index >= 15 is 0 Å². The molecule has 8 aromatic rings. The third-order valence-electron chi connectivity index (χ3n) is 11.2. The molecule has 0 bridgehead atoms. The van der Waals surface area contributed by atoms with Gasteiger partial charge in [-0.3, -0.25) is 0 Å². The molecule has 2 nitrogen and oxygen atoms in total. The van der Waals surface area contributed by atoms with Crippen LogP contribution in [-0.4, -0.2) is 5.43 Å². The second-order valence-corrected chi connectivity index (χ2v) is 39.5. The fourth-order valence-corrected chi connectivity index (χ4v) is 7.46. The first-order valence-electron chi connectivity index (χ1n) is 20.5. The van der Waals surface area contributed by atoms with Crippen molar-refractivity contribution in [3.63, 3.8) is 0 Å². The molecule has 0 saturated carbocycles. The van der Waals surface area contributed by atoms with Crippen LogP contribution in [0, 0.1) is 41.5 Å². The molecule has 0 aliphatic carbocycles. The number of benzene rings is 4. The van der Waals surface area contributed by atoms with Crippen LogP contribution in [0.1, 0.15) is 56.0 Å². The van der Waals surface area contributed by atoms with Gasteiger partial charge in [0.2, 0.25) is 0 Å². The van der Waals surface area contributed by atoms with Gasteiger partial charge < -0.3 is 8.83 Å². The second kappa shape index (κ2) is 19.7. The molecule has 18 heteroatoms. The molecular formula is C50H40Cl2F12O2SiZr-2. The van der Waals surface area contributed by atoms with E-state index in [1.807, 2.05) is 52.0 Å². The Kier molecular flexibility index (Phi) is 15.3. The third kappa shape index (κ3) is 11.9. The van der Waals surface area contributed by atoms with Crippen LogP contribution >= 0.6 is 17.0 Å². The summed E-state index contributed by atoms with van der Waals surface area (Å²) in [7, 11) is 11.2. The van der Waals surface area contributed by atoms with Crippen LogP contribution in [0.4, 0.5) is 52.7 Å². The molecule has 0 atom stereocenters. The van der Waals surface area contributed by atoms with Crippen molar-refractivity contribution in [3.05, 3.63) is 153 Å². The molecule has 0 saturated heterocycles. The van der Waals surface area contributed by atoms with Gasteiger partial charge in [-0.25, -0.2) is 0 Å². The van der Waals surface area contributed by atoms with E-state index in [2.05, 4.69) is 13.1 Å². The first-order valence-corrected chi connectivity index (χ1v) is 33.0. The van der Waals surface area contributed by atoms with Crippen LogP contribution in [0.25, 0.3) is 66.4 Å². The Morgan fingerprint density at radius 3 is 0.971 bits per heavy atom. The smallest absolute Gasteiger partial charge is 0.416 e. The van der Waals surface area contributed by atoms with E-state index in [9.17, 15) is 52.7 Å². The van der Waals surface area contributed by atoms with E-state index in [0.717, 1.165) is 46.9 Å². The molecule has 68 heavy (non-hydrogen) atoms. The van der Waals surface area contributed by atoms with Crippen LogP contribution in [-0.2, 0) is 42.7 Å². The van der Waals surface area contributed by atoms with Crippen LogP contribution in [0.5, 0.6) is 0 Å². The van der Waals surface area contributed by atoms with Gasteiger partial charge in [-0.05, 0) is 123 Å². The molecule has 6 aromatic carbocycles. The topological polar surface area (TPSA) is 26.3 Å². The van der Waals surface area contributed by atoms with E-state index < -0.39 is 64.9 Å². The molecule has 0 N–H and O–H groups in total. The molecular weight excluding hydrogens is 1050 g/mol. The number of hydrogen-bond acceptors (Lipinski definition) is 2. The van der Waals surface area contributed by atoms with Crippen molar-refractivity contribution in [1.29, 1.82) is 0 Å². The van der Waals surface area contributed by atoms with Crippen LogP contribution < -0.4 is 0 Å². The minimum Gasteiger partial charge on any atom is -0.496 e. The van der Waals surface area contributed by atoms with Gasteiger partial charge in [0.05, 0.1) is 45.3 Å². The summed E-state index contributed by atoms with van der Waals surface area (Å²) in [5.74, 6) is 2.67. The Hall–Kier alpha value is -4.50. The van der Waals surface area contributed by atoms with Crippen molar-refractivity contribution in [3.8, 4) is 44.9 Å². The summed E-state index contributed by atoms with van der Waals surface area (Å²) >= 11 is -1.65. The minimum absolute atomic E-state index is 0.130. The van der Waals surface area contributed by atoms with E-state index in [1.165, 1.54) is 0 Å². The molecule has 0 radical (unpaired) electrons. The molecule has 0 aliphatic heterocycles. The summed E-state index contributed by atoms with van der Waals surface area (Å²) in [5, 5.41) is 2.53. The summed E-state index contributed by atoms with van der Waals surface area (Å²) in [6.07, 6.45) is -19.6. The van der Waals surface area contributed by atoms with Crippen LogP contribution in [0.15, 0.2) is 106 Å². The fourth-order valence-electron chi connectivity index (χ4n) is 7.46. The van der Waals surface area contributed by atoms with Gasteiger partial charge in [0, 0.05) is 0 Å². The molecule has 8 rings (SSSR count). The molecule has 0 unspecified atom stereocenters. The maximum atomic E-state index is 13.4. The van der Waals surface area contributed by atoms with E-state index in [0.29, 0.717) is 66.4 Å². The van der Waals surface area contributed by atoms with Gasteiger partial charge in [0.1, 0.15) is 0 Å². The Bertz CT molecular complexity index is 2870. The van der Waals surface area contributed by atoms with Crippen molar-refractivity contribution in [2.24, 2.45) is 0 Å². The van der Waals surface area contributed by atoms with E-state index in [1.54, 1.807) is 50.2 Å². The average molecular weight is 1090 g/mol. The van der Waals surface area contributed by atoms with Gasteiger partial charge in [-0.1, -0.05) is 34.4 Å². The molecule has 0 spiro atoms. The number of furan rings is 2. The minimum atomic E-state index is -4.90. The summed E-state index contributed by atoms with van der Waals surface area (Å²) < 4.78 is 172. The first-order chi connectivity index (χ1) is 31.3. The number of halogens is 14. The Balaban J connectivity index is 0.000000200. The number of alkyl halides is 12. The van der Waals surface area contributed by atoms with Gasteiger partial charge in [0.25, 0.3) is 0 Å². The third-order valence-corrected chi connectivity index (χ3v) is 31.0. The van der Waals surface area contributed by atoms with Crippen molar-refractivity contribution >= 4 is 44.0 Å². The van der Waals surface area contributed by atoms with Crippen LogP contribution in [0.3, 0.4) is 0 Å². The summed E-state index contributed by atoms with van der Waals surface area (Å²) in [4.78, 5) is 0. The van der Waals surface area contributed by atoms with Gasteiger partial charge in [-0.2, -0.15) is 52.7 Å². The molecule has 0 aliphatic rings. The Morgan fingerprint density at radius 2 is 0.735 bits per heavy atom. The maximum Gasteiger partial charge on any atom is 0.416 e. The average Bonchev–Trinajstić information content (AvgIpc) is 4.02. The normalized spacial score (nSPS) is 12.3. The predicted molar refractivity (Wildman–Crippen MR) is 243 cm³/mol. The Morgan fingerprint density at radius 1 is 0.441 bits per heavy atom. The Labute approximate surface area is 398 Å². The summed E-state index contributed by atoms with van der Waals surface area (Å²) in [6, 6.07) is 21.1. The maximum absolute atomic E-state index is 13.4. The fraction of sp³-hybridized carbons (Fsp3) is 0.240. The largest absolute Gasteiger partial charge is 0.496 e. The second-order valence-electron chi connectivity index (χ2n) is 16.6. The van der Waals surface area contributed by atoms with Gasteiger partial charge in [-0.15, -0.1) is 57.9 Å². The van der Waals surface area contributed by atoms with E-state index in [4.69, 9.17) is 25.9 Å². The standard InChI is InChI=1S/2C24H17F6O.C2H6Si.2ClH.Zr/c2*1-12-4-5-15-7-16(21-6-13(2)14(3)31-21)10-20(15)22(12)17-8-18(23(25,26)27)11-19(9-17)24(28,29)30;1-3-2;;;/h2*4-11H,1-3H3;1-2H3;2*1H;/q2*-1;;;;+2/p-2. The van der Waals surface area contributed by atoms with Gasteiger partial charge >= 0.3 is 78.2 Å². The molecule has 2 aromatic heterocycles. The molecule has 0 fully saturated rings. The molecule has 0 amide bonds. The van der Waals surface area contributed by atoms with E-state index in [-0.39, 0.29) is 28.7 Å².